The van der Waals surface area contributed by atoms with Crippen LogP contribution in [0.2, 0.25) is 0 Å². The smallest absolute Gasteiger partial charge is 0.252 e. The van der Waals surface area contributed by atoms with Crippen LogP contribution < -0.4 is 20.1 Å². The minimum absolute atomic E-state index is 0.105. The minimum atomic E-state index is -1.11. The molecule has 1 aromatic heterocycles. The number of carbonyl (C=O) groups excluding carboxylic acids is 2. The van der Waals surface area contributed by atoms with E-state index in [9.17, 15) is 23.5 Å². The zero-order chi connectivity index (χ0) is 26.2. The maximum absolute atomic E-state index is 14.9. The first-order valence-corrected chi connectivity index (χ1v) is 11.3. The Morgan fingerprint density at radius 2 is 1.73 bits per heavy atom. The second kappa shape index (κ2) is 9.38. The quantitative estimate of drug-likeness (QED) is 0.329. The van der Waals surface area contributed by atoms with Crippen LogP contribution in [0.3, 0.4) is 0 Å². The van der Waals surface area contributed by atoms with Gasteiger partial charge < -0.3 is 25.2 Å². The molecule has 4 aromatic rings. The number of hydrogen-bond acceptors (Lipinski definition) is 6. The topological polar surface area (TPSA) is 110 Å². The highest BCUT2D eigenvalue weighted by Crippen LogP contribution is 2.39. The predicted molar refractivity (Wildman–Crippen MR) is 131 cm³/mol. The molecular weight excluding hydrogens is 484 g/mol. The SMILES string of the molecule is COc1cc2nccc(Oc3ccc(NC(=O)C4(NC(=O)c5ccc(F)cc5)CC4)cc3F)c2cc1O. The maximum Gasteiger partial charge on any atom is 0.252 e. The summed E-state index contributed by atoms with van der Waals surface area (Å²) in [6.07, 6.45) is 2.32. The number of phenolic OH excluding ortho intramolecular Hbond substituents is 1. The summed E-state index contributed by atoms with van der Waals surface area (Å²) in [6.45, 7) is 0. The first kappa shape index (κ1) is 24.0. The number of amides is 2. The number of pyridine rings is 1. The predicted octanol–water partition coefficient (Wildman–Crippen LogP) is 4.92. The molecule has 3 N–H and O–H groups in total. The Balaban J connectivity index is 1.29. The summed E-state index contributed by atoms with van der Waals surface area (Å²) in [7, 11) is 1.42. The van der Waals surface area contributed by atoms with Crippen LogP contribution in [0, 0.1) is 11.6 Å². The third-order valence-corrected chi connectivity index (χ3v) is 6.06. The van der Waals surface area contributed by atoms with Crippen molar-refractivity contribution in [2.75, 3.05) is 12.4 Å². The largest absolute Gasteiger partial charge is 0.504 e. The molecule has 0 unspecified atom stereocenters. The zero-order valence-corrected chi connectivity index (χ0v) is 19.5. The van der Waals surface area contributed by atoms with Gasteiger partial charge in [-0.25, -0.2) is 8.78 Å². The van der Waals surface area contributed by atoms with E-state index in [0.29, 0.717) is 23.7 Å². The first-order chi connectivity index (χ1) is 17.8. The van der Waals surface area contributed by atoms with E-state index >= 15 is 0 Å². The fourth-order valence-electron chi connectivity index (χ4n) is 3.84. The molecule has 5 rings (SSSR count). The van der Waals surface area contributed by atoms with Crippen LogP contribution in [0.5, 0.6) is 23.0 Å². The van der Waals surface area contributed by atoms with Gasteiger partial charge in [0.15, 0.2) is 23.1 Å². The van der Waals surface area contributed by atoms with Gasteiger partial charge in [0.25, 0.3) is 5.91 Å². The molecule has 0 aliphatic heterocycles. The molecule has 1 aliphatic rings. The monoisotopic (exact) mass is 505 g/mol. The summed E-state index contributed by atoms with van der Waals surface area (Å²) >= 11 is 0. The second-order valence-electron chi connectivity index (χ2n) is 8.59. The van der Waals surface area contributed by atoms with Crippen molar-refractivity contribution in [3.05, 3.63) is 84.1 Å². The summed E-state index contributed by atoms with van der Waals surface area (Å²) in [5.41, 5.74) is -0.229. The number of aromatic hydroxyl groups is 1. The molecule has 1 aliphatic carbocycles. The number of ether oxygens (including phenoxy) is 2. The van der Waals surface area contributed by atoms with Gasteiger partial charge in [-0.05, 0) is 61.4 Å². The molecule has 0 radical (unpaired) electrons. The third-order valence-electron chi connectivity index (χ3n) is 6.06. The van der Waals surface area contributed by atoms with Gasteiger partial charge in [0.05, 0.1) is 12.6 Å². The molecule has 1 heterocycles. The van der Waals surface area contributed by atoms with Gasteiger partial charge in [0.1, 0.15) is 17.1 Å². The van der Waals surface area contributed by atoms with Crippen LogP contribution in [-0.4, -0.2) is 34.6 Å². The number of fused-ring (bicyclic) bond motifs is 1. The molecule has 0 atom stereocenters. The van der Waals surface area contributed by atoms with Gasteiger partial charge in [-0.15, -0.1) is 0 Å². The maximum atomic E-state index is 14.9. The average Bonchev–Trinajstić information content (AvgIpc) is 3.66. The number of benzene rings is 3. The van der Waals surface area contributed by atoms with Crippen molar-refractivity contribution in [2.45, 2.75) is 18.4 Å². The molecule has 0 saturated heterocycles. The van der Waals surface area contributed by atoms with Crippen LogP contribution in [0.1, 0.15) is 23.2 Å². The lowest BCUT2D eigenvalue weighted by atomic mass is 10.1. The lowest BCUT2D eigenvalue weighted by Crippen LogP contribution is -2.46. The highest BCUT2D eigenvalue weighted by molar-refractivity contribution is 6.05. The number of methoxy groups -OCH3 is 1. The Labute approximate surface area is 209 Å². The lowest BCUT2D eigenvalue weighted by Gasteiger charge is -2.18. The lowest BCUT2D eigenvalue weighted by molar-refractivity contribution is -0.118. The van der Waals surface area contributed by atoms with Gasteiger partial charge >= 0.3 is 0 Å². The van der Waals surface area contributed by atoms with E-state index in [-0.39, 0.29) is 34.2 Å². The third kappa shape index (κ3) is 4.86. The average molecular weight is 505 g/mol. The molecule has 0 spiro atoms. The molecule has 3 aromatic carbocycles. The van der Waals surface area contributed by atoms with E-state index in [4.69, 9.17) is 9.47 Å². The Hall–Kier alpha value is -4.73. The van der Waals surface area contributed by atoms with Crippen LogP contribution in [0.4, 0.5) is 14.5 Å². The minimum Gasteiger partial charge on any atom is -0.504 e. The number of nitrogens with zero attached hydrogens (tertiary/aromatic N) is 1. The molecule has 8 nitrogen and oxygen atoms in total. The van der Waals surface area contributed by atoms with E-state index in [1.807, 2.05) is 0 Å². The van der Waals surface area contributed by atoms with Gasteiger partial charge in [-0.1, -0.05) is 0 Å². The molecule has 10 heteroatoms. The number of anilines is 1. The number of carbonyl (C=O) groups is 2. The Morgan fingerprint density at radius 3 is 2.41 bits per heavy atom. The number of halogens is 2. The highest BCUT2D eigenvalue weighted by Gasteiger charge is 2.51. The fraction of sp³-hybridized carbons (Fsp3) is 0.148. The molecule has 2 amide bonds. The summed E-state index contributed by atoms with van der Waals surface area (Å²) in [5, 5.41) is 15.9. The van der Waals surface area contributed by atoms with E-state index in [2.05, 4.69) is 15.6 Å². The van der Waals surface area contributed by atoms with Crippen LogP contribution in [0.25, 0.3) is 10.9 Å². The number of rotatable bonds is 7. The molecular formula is C27H21F2N3O5. The summed E-state index contributed by atoms with van der Waals surface area (Å²) < 4.78 is 38.8. The van der Waals surface area contributed by atoms with Crippen molar-refractivity contribution in [1.29, 1.82) is 0 Å². The highest BCUT2D eigenvalue weighted by atomic mass is 19.1. The number of aromatic nitrogens is 1. The molecule has 1 saturated carbocycles. The van der Waals surface area contributed by atoms with Gasteiger partial charge in [0.2, 0.25) is 5.91 Å². The molecule has 0 bridgehead atoms. The van der Waals surface area contributed by atoms with Gasteiger partial charge in [-0.3, -0.25) is 14.6 Å². The van der Waals surface area contributed by atoms with E-state index < -0.39 is 29.0 Å². The fourth-order valence-corrected chi connectivity index (χ4v) is 3.84. The van der Waals surface area contributed by atoms with Crippen molar-refractivity contribution in [1.82, 2.24) is 10.3 Å². The van der Waals surface area contributed by atoms with E-state index in [0.717, 1.165) is 18.2 Å². The van der Waals surface area contributed by atoms with Gasteiger partial charge in [-0.2, -0.15) is 0 Å². The van der Waals surface area contributed by atoms with Crippen LogP contribution in [-0.2, 0) is 4.79 Å². The van der Waals surface area contributed by atoms with Crippen LogP contribution in [0.15, 0.2) is 66.9 Å². The molecule has 37 heavy (non-hydrogen) atoms. The summed E-state index contributed by atoms with van der Waals surface area (Å²) in [6, 6.07) is 13.4. The van der Waals surface area contributed by atoms with E-state index in [1.165, 1.54) is 55.8 Å². The Morgan fingerprint density at radius 1 is 0.973 bits per heavy atom. The normalized spacial score (nSPS) is 13.6. The van der Waals surface area contributed by atoms with Crippen molar-refractivity contribution < 1.29 is 33.0 Å². The van der Waals surface area contributed by atoms with E-state index in [1.54, 1.807) is 0 Å². The summed E-state index contributed by atoms with van der Waals surface area (Å²) in [4.78, 5) is 29.5. The number of phenols is 1. The van der Waals surface area contributed by atoms with Crippen molar-refractivity contribution in [3.63, 3.8) is 0 Å². The van der Waals surface area contributed by atoms with Crippen molar-refractivity contribution >= 4 is 28.4 Å². The first-order valence-electron chi connectivity index (χ1n) is 11.3. The summed E-state index contributed by atoms with van der Waals surface area (Å²) in [5.74, 6) is -1.92. The standard InChI is InChI=1S/C27H21F2N3O5/c1-36-24-14-20-18(13-21(24)33)22(8-11-30-20)37-23-7-6-17(12-19(23)29)31-26(35)27(9-10-27)32-25(34)15-2-4-16(28)5-3-15/h2-8,11-14,33H,9-10H2,1H3,(H,31,35)(H,32,34). The molecule has 1 fully saturated rings. The Kier molecular flexibility index (Phi) is 6.08. The van der Waals surface area contributed by atoms with Crippen molar-refractivity contribution in [2.24, 2.45) is 0 Å². The molecule has 188 valence electrons. The second-order valence-corrected chi connectivity index (χ2v) is 8.59. The van der Waals surface area contributed by atoms with Crippen LogP contribution >= 0.6 is 0 Å². The van der Waals surface area contributed by atoms with Gasteiger partial charge in [0, 0.05) is 35.0 Å². The zero-order valence-electron chi connectivity index (χ0n) is 19.5. The number of nitrogens with one attached hydrogen (secondary N) is 2. The Bertz CT molecular complexity index is 1520. The van der Waals surface area contributed by atoms with Crippen molar-refractivity contribution in [3.8, 4) is 23.0 Å². The number of hydrogen-bond donors (Lipinski definition) is 3.